The zero-order chi connectivity index (χ0) is 16.6. The van der Waals surface area contributed by atoms with Crippen LogP contribution in [0.2, 0.25) is 0 Å². The Kier molecular flexibility index (Phi) is 4.37. The molecule has 0 saturated carbocycles. The summed E-state index contributed by atoms with van der Waals surface area (Å²) < 4.78 is 29.4. The molecule has 9 nitrogen and oxygen atoms in total. The van der Waals surface area contributed by atoms with Gasteiger partial charge in [0.2, 0.25) is 0 Å². The Morgan fingerprint density at radius 1 is 1.39 bits per heavy atom. The highest BCUT2D eigenvalue weighted by atomic mass is 16.8. The predicted octanol–water partition coefficient (Wildman–Crippen LogP) is 0.233. The molecule has 2 saturated heterocycles. The maximum atomic E-state index is 10.8. The molecule has 0 bridgehead atoms. The summed E-state index contributed by atoms with van der Waals surface area (Å²) >= 11 is 0. The first-order valence-electron chi connectivity index (χ1n) is 7.44. The molecule has 0 unspecified atom stereocenters. The van der Waals surface area contributed by atoms with Crippen molar-refractivity contribution >= 4 is 5.97 Å². The van der Waals surface area contributed by atoms with Crippen molar-refractivity contribution in [2.45, 2.75) is 64.3 Å². The molecule has 2 fully saturated rings. The third-order valence-electron chi connectivity index (χ3n) is 3.72. The van der Waals surface area contributed by atoms with Crippen LogP contribution in [0.5, 0.6) is 0 Å². The van der Waals surface area contributed by atoms with Gasteiger partial charge in [-0.1, -0.05) is 5.21 Å². The van der Waals surface area contributed by atoms with Crippen LogP contribution in [0, 0.1) is 0 Å². The molecule has 1 aromatic heterocycles. The number of hydrogen-bond donors (Lipinski definition) is 0. The minimum absolute atomic E-state index is 0.0975. The van der Waals surface area contributed by atoms with Crippen molar-refractivity contribution in [3.63, 3.8) is 0 Å². The van der Waals surface area contributed by atoms with Crippen LogP contribution in [0.3, 0.4) is 0 Å². The predicted molar refractivity (Wildman–Crippen MR) is 75.0 cm³/mol. The van der Waals surface area contributed by atoms with Gasteiger partial charge in [-0.2, -0.15) is 0 Å². The van der Waals surface area contributed by atoms with Crippen LogP contribution in [0.4, 0.5) is 0 Å². The van der Waals surface area contributed by atoms with E-state index in [4.69, 9.17) is 23.7 Å². The van der Waals surface area contributed by atoms with E-state index in [2.05, 4.69) is 10.3 Å². The highest BCUT2D eigenvalue weighted by molar-refractivity contribution is 5.65. The van der Waals surface area contributed by atoms with E-state index in [1.54, 1.807) is 18.0 Å². The van der Waals surface area contributed by atoms with Gasteiger partial charge in [0, 0.05) is 14.0 Å². The van der Waals surface area contributed by atoms with Crippen molar-refractivity contribution in [2.24, 2.45) is 0 Å². The second kappa shape index (κ2) is 6.16. The molecule has 0 spiro atoms. The van der Waals surface area contributed by atoms with E-state index in [-0.39, 0.29) is 30.9 Å². The average Bonchev–Trinajstić information content (AvgIpc) is 3.12. The van der Waals surface area contributed by atoms with Gasteiger partial charge < -0.3 is 23.7 Å². The molecule has 4 atom stereocenters. The first-order valence-corrected chi connectivity index (χ1v) is 7.44. The van der Waals surface area contributed by atoms with E-state index in [0.717, 1.165) is 0 Å². The fourth-order valence-corrected chi connectivity index (χ4v) is 2.83. The quantitative estimate of drug-likeness (QED) is 0.710. The summed E-state index contributed by atoms with van der Waals surface area (Å²) in [4.78, 5) is 10.8. The van der Waals surface area contributed by atoms with Gasteiger partial charge in [0.1, 0.15) is 30.6 Å². The molecular formula is C14H21N3O6. The Morgan fingerprint density at radius 2 is 2.13 bits per heavy atom. The Hall–Kier alpha value is -1.55. The number of carbonyl (C=O) groups excluding carboxylic acids is 1. The number of rotatable bonds is 5. The summed E-state index contributed by atoms with van der Waals surface area (Å²) in [6.07, 6.45) is 0.452. The summed E-state index contributed by atoms with van der Waals surface area (Å²) in [5, 5.41) is 7.98. The molecule has 9 heteroatoms. The molecule has 0 amide bonds. The normalized spacial score (nSPS) is 32.0. The van der Waals surface area contributed by atoms with E-state index < -0.39 is 12.1 Å². The van der Waals surface area contributed by atoms with Crippen molar-refractivity contribution in [2.75, 3.05) is 7.11 Å². The molecule has 0 radical (unpaired) electrons. The molecule has 0 aromatic carbocycles. The molecule has 1 aromatic rings. The second-order valence-corrected chi connectivity index (χ2v) is 6.06. The van der Waals surface area contributed by atoms with Crippen molar-refractivity contribution in [3.8, 4) is 0 Å². The smallest absolute Gasteiger partial charge is 0.303 e. The number of esters is 1. The summed E-state index contributed by atoms with van der Waals surface area (Å²) in [6.45, 7) is 5.61. The van der Waals surface area contributed by atoms with Crippen molar-refractivity contribution in [1.82, 2.24) is 15.0 Å². The summed E-state index contributed by atoms with van der Waals surface area (Å²) in [7, 11) is 1.57. The largest absolute Gasteiger partial charge is 0.459 e. The van der Waals surface area contributed by atoms with Crippen LogP contribution >= 0.6 is 0 Å². The van der Waals surface area contributed by atoms with E-state index in [1.807, 2.05) is 13.8 Å². The topological polar surface area (TPSA) is 93.9 Å². The minimum Gasteiger partial charge on any atom is -0.459 e. The van der Waals surface area contributed by atoms with Crippen LogP contribution in [0.1, 0.15) is 26.5 Å². The molecule has 2 aliphatic rings. The fraction of sp³-hybridized carbons (Fsp3) is 0.786. The SMILES string of the molecule is CO[C@@H]1O[C@H](Cn2cc(COC(C)=O)nn2)[C@H]2OC(C)(C)O[C@@H]12. The number of methoxy groups -OCH3 is 1. The number of aromatic nitrogens is 3. The van der Waals surface area contributed by atoms with Gasteiger partial charge in [0.25, 0.3) is 0 Å². The lowest BCUT2D eigenvalue weighted by atomic mass is 10.1. The van der Waals surface area contributed by atoms with Crippen LogP contribution in [-0.4, -0.2) is 58.5 Å². The van der Waals surface area contributed by atoms with Crippen LogP contribution in [0.15, 0.2) is 6.20 Å². The monoisotopic (exact) mass is 327 g/mol. The van der Waals surface area contributed by atoms with Gasteiger partial charge in [-0.05, 0) is 13.8 Å². The Bertz CT molecular complexity index is 575. The van der Waals surface area contributed by atoms with Gasteiger partial charge in [-0.3, -0.25) is 4.79 Å². The number of nitrogens with zero attached hydrogens (tertiary/aromatic N) is 3. The zero-order valence-corrected chi connectivity index (χ0v) is 13.6. The zero-order valence-electron chi connectivity index (χ0n) is 13.6. The third-order valence-corrected chi connectivity index (χ3v) is 3.72. The summed E-state index contributed by atoms with van der Waals surface area (Å²) in [6, 6.07) is 0. The number of fused-ring (bicyclic) bond motifs is 1. The Morgan fingerprint density at radius 3 is 2.83 bits per heavy atom. The van der Waals surface area contributed by atoms with Gasteiger partial charge in [0.05, 0.1) is 12.7 Å². The molecule has 23 heavy (non-hydrogen) atoms. The van der Waals surface area contributed by atoms with Crippen LogP contribution in [-0.2, 0) is 41.6 Å². The highest BCUT2D eigenvalue weighted by Gasteiger charge is 2.55. The van der Waals surface area contributed by atoms with Crippen LogP contribution in [0.25, 0.3) is 0 Å². The Balaban J connectivity index is 1.64. The third kappa shape index (κ3) is 3.52. The molecular weight excluding hydrogens is 306 g/mol. The van der Waals surface area contributed by atoms with Crippen molar-refractivity contribution in [1.29, 1.82) is 0 Å². The lowest BCUT2D eigenvalue weighted by Gasteiger charge is -2.23. The molecule has 3 heterocycles. The van der Waals surface area contributed by atoms with Crippen molar-refractivity contribution < 1.29 is 28.5 Å². The van der Waals surface area contributed by atoms with E-state index in [9.17, 15) is 4.79 Å². The van der Waals surface area contributed by atoms with Crippen LogP contribution < -0.4 is 0 Å². The lowest BCUT2D eigenvalue weighted by molar-refractivity contribution is -0.228. The number of hydrogen-bond acceptors (Lipinski definition) is 8. The molecule has 128 valence electrons. The second-order valence-electron chi connectivity index (χ2n) is 6.06. The summed E-state index contributed by atoms with van der Waals surface area (Å²) in [5.74, 6) is -1.03. The van der Waals surface area contributed by atoms with E-state index in [1.165, 1.54) is 6.92 Å². The Labute approximate surface area is 133 Å². The van der Waals surface area contributed by atoms with Gasteiger partial charge >= 0.3 is 5.97 Å². The average molecular weight is 327 g/mol. The maximum Gasteiger partial charge on any atom is 0.303 e. The highest BCUT2D eigenvalue weighted by Crippen LogP contribution is 2.39. The van der Waals surface area contributed by atoms with Crippen molar-refractivity contribution in [3.05, 3.63) is 11.9 Å². The van der Waals surface area contributed by atoms with E-state index >= 15 is 0 Å². The fourth-order valence-electron chi connectivity index (χ4n) is 2.83. The molecule has 0 aliphatic carbocycles. The maximum absolute atomic E-state index is 10.8. The molecule has 2 aliphatic heterocycles. The summed E-state index contributed by atoms with van der Waals surface area (Å²) in [5.41, 5.74) is 0.571. The minimum atomic E-state index is -0.670. The van der Waals surface area contributed by atoms with E-state index in [0.29, 0.717) is 12.2 Å². The first-order chi connectivity index (χ1) is 10.9. The number of ether oxygens (including phenoxy) is 5. The molecule has 0 N–H and O–H groups in total. The lowest BCUT2D eigenvalue weighted by Crippen LogP contribution is -2.33. The van der Waals surface area contributed by atoms with Gasteiger partial charge in [-0.25, -0.2) is 4.68 Å². The number of carbonyl (C=O) groups is 1. The van der Waals surface area contributed by atoms with Gasteiger partial charge in [0.15, 0.2) is 12.1 Å². The molecule has 3 rings (SSSR count). The standard InChI is InChI=1S/C14H21N3O6/c1-8(18)20-7-9-5-17(16-15-9)6-10-11-12(13(19-4)21-10)23-14(2,3)22-11/h5,10-13H,6-7H2,1-4H3/t10-,11-,12-,13-/m1/s1. The van der Waals surface area contributed by atoms with Gasteiger partial charge in [-0.15, -0.1) is 5.10 Å². The first kappa shape index (κ1) is 16.3.